The Morgan fingerprint density at radius 3 is 2.68 bits per heavy atom. The number of hydrogen-bond acceptors (Lipinski definition) is 3. The van der Waals surface area contributed by atoms with Crippen molar-refractivity contribution < 1.29 is 4.79 Å². The van der Waals surface area contributed by atoms with Crippen LogP contribution in [0, 0.1) is 0 Å². The molecule has 0 spiro atoms. The summed E-state index contributed by atoms with van der Waals surface area (Å²) in [6.07, 6.45) is 5.04. The molecule has 0 atom stereocenters. The lowest BCUT2D eigenvalue weighted by Crippen LogP contribution is -2.28. The first-order chi connectivity index (χ1) is 12.2. The molecule has 0 radical (unpaired) electrons. The number of carbonyl (C=O) groups is 1. The van der Waals surface area contributed by atoms with Crippen molar-refractivity contribution in [1.29, 1.82) is 0 Å². The summed E-state index contributed by atoms with van der Waals surface area (Å²) >= 11 is 3.72. The fourth-order valence-electron chi connectivity index (χ4n) is 3.21. The van der Waals surface area contributed by atoms with Gasteiger partial charge in [0, 0.05) is 36.6 Å². The molecule has 0 bridgehead atoms. The van der Waals surface area contributed by atoms with Crippen LogP contribution in [0.25, 0.3) is 5.00 Å². The summed E-state index contributed by atoms with van der Waals surface area (Å²) in [6, 6.07) is 14.2. The van der Waals surface area contributed by atoms with Crippen molar-refractivity contribution in [2.45, 2.75) is 18.7 Å². The number of thiophene rings is 1. The first kappa shape index (κ1) is 16.5. The maximum atomic E-state index is 13.3. The van der Waals surface area contributed by atoms with Crippen molar-refractivity contribution >= 4 is 29.0 Å². The number of benzene rings is 1. The van der Waals surface area contributed by atoms with Crippen molar-refractivity contribution in [3.63, 3.8) is 0 Å². The van der Waals surface area contributed by atoms with Crippen molar-refractivity contribution in [3.05, 3.63) is 76.4 Å². The van der Waals surface area contributed by atoms with Gasteiger partial charge in [0.15, 0.2) is 0 Å². The van der Waals surface area contributed by atoms with Crippen molar-refractivity contribution in [2.24, 2.45) is 0 Å². The Hall–Kier alpha value is -1.98. The number of thioether (sulfide) groups is 1. The summed E-state index contributed by atoms with van der Waals surface area (Å²) in [5.41, 5.74) is 3.31. The van der Waals surface area contributed by atoms with Gasteiger partial charge in [0.25, 0.3) is 5.91 Å². The summed E-state index contributed by atoms with van der Waals surface area (Å²) in [7, 11) is 1.90. The van der Waals surface area contributed by atoms with Crippen LogP contribution in [0.3, 0.4) is 0 Å². The molecular weight excluding hydrogens is 348 g/mol. The maximum Gasteiger partial charge on any atom is 0.257 e. The number of nitrogens with zero attached hydrogens (tertiary/aromatic N) is 2. The van der Waals surface area contributed by atoms with Gasteiger partial charge in [0.1, 0.15) is 5.00 Å². The molecule has 0 saturated carbocycles. The van der Waals surface area contributed by atoms with E-state index in [9.17, 15) is 4.79 Å². The lowest BCUT2D eigenvalue weighted by molar-refractivity contribution is 0.0784. The SMILES string of the molecule is CN(Cc1ccccc1)C(=O)c1c(-n2cccc2)sc2c1CCSC2. The molecule has 0 saturated heterocycles. The predicted octanol–water partition coefficient (Wildman–Crippen LogP) is 4.60. The highest BCUT2D eigenvalue weighted by Gasteiger charge is 2.28. The van der Waals surface area contributed by atoms with E-state index in [4.69, 9.17) is 0 Å². The van der Waals surface area contributed by atoms with Crippen molar-refractivity contribution in [3.8, 4) is 5.00 Å². The molecule has 5 heteroatoms. The van der Waals surface area contributed by atoms with E-state index in [0.29, 0.717) is 6.54 Å². The maximum absolute atomic E-state index is 13.3. The Morgan fingerprint density at radius 2 is 1.92 bits per heavy atom. The smallest absolute Gasteiger partial charge is 0.257 e. The van der Waals surface area contributed by atoms with Crippen LogP contribution >= 0.6 is 23.1 Å². The first-order valence-corrected chi connectivity index (χ1v) is 10.4. The normalized spacial score (nSPS) is 13.5. The van der Waals surface area contributed by atoms with Gasteiger partial charge in [-0.05, 0) is 35.4 Å². The fraction of sp³-hybridized carbons (Fsp3) is 0.250. The number of rotatable bonds is 4. The zero-order chi connectivity index (χ0) is 17.2. The second-order valence-electron chi connectivity index (χ2n) is 6.22. The number of aromatic nitrogens is 1. The highest BCUT2D eigenvalue weighted by molar-refractivity contribution is 7.98. The zero-order valence-electron chi connectivity index (χ0n) is 14.1. The van der Waals surface area contributed by atoms with E-state index in [2.05, 4.69) is 16.7 Å². The van der Waals surface area contributed by atoms with Crippen molar-refractivity contribution in [1.82, 2.24) is 9.47 Å². The van der Waals surface area contributed by atoms with Crippen LogP contribution in [-0.4, -0.2) is 28.2 Å². The minimum absolute atomic E-state index is 0.122. The molecule has 3 nitrogen and oxygen atoms in total. The predicted molar refractivity (Wildman–Crippen MR) is 106 cm³/mol. The highest BCUT2D eigenvalue weighted by Crippen LogP contribution is 2.38. The van der Waals surface area contributed by atoms with E-state index in [-0.39, 0.29) is 5.91 Å². The molecule has 128 valence electrons. The van der Waals surface area contributed by atoms with Gasteiger partial charge in [0.05, 0.1) is 5.56 Å². The molecule has 25 heavy (non-hydrogen) atoms. The van der Waals surface area contributed by atoms with Crippen LogP contribution in [0.15, 0.2) is 54.9 Å². The molecule has 0 unspecified atom stereocenters. The molecule has 1 aromatic carbocycles. The third-order valence-corrected chi connectivity index (χ3v) is 6.88. The quantitative estimate of drug-likeness (QED) is 0.672. The zero-order valence-corrected chi connectivity index (χ0v) is 15.8. The van der Waals surface area contributed by atoms with Gasteiger partial charge >= 0.3 is 0 Å². The van der Waals surface area contributed by atoms with E-state index in [1.165, 1.54) is 10.4 Å². The molecule has 1 aliphatic rings. The van der Waals surface area contributed by atoms with Gasteiger partial charge in [0.2, 0.25) is 0 Å². The minimum Gasteiger partial charge on any atom is -0.337 e. The number of carbonyl (C=O) groups excluding carboxylic acids is 1. The number of fused-ring (bicyclic) bond motifs is 1. The van der Waals surface area contributed by atoms with E-state index < -0.39 is 0 Å². The van der Waals surface area contributed by atoms with E-state index >= 15 is 0 Å². The van der Waals surface area contributed by atoms with E-state index in [1.54, 1.807) is 11.3 Å². The molecule has 0 N–H and O–H groups in total. The molecule has 0 fully saturated rings. The summed E-state index contributed by atoms with van der Waals surface area (Å²) < 4.78 is 2.08. The Morgan fingerprint density at radius 1 is 1.16 bits per heavy atom. The molecule has 1 aliphatic heterocycles. The molecular formula is C20H20N2OS2. The van der Waals surface area contributed by atoms with Gasteiger partial charge in [-0.3, -0.25) is 4.79 Å². The standard InChI is InChI=1S/C20H20N2OS2/c1-21(13-15-7-3-2-4-8-15)19(23)18-16-9-12-24-14-17(16)25-20(18)22-10-5-6-11-22/h2-8,10-11H,9,12-14H2,1H3. The van der Waals surface area contributed by atoms with Gasteiger partial charge < -0.3 is 9.47 Å². The largest absolute Gasteiger partial charge is 0.337 e. The molecule has 0 aliphatic carbocycles. The third-order valence-electron chi connectivity index (χ3n) is 4.46. The molecule has 4 rings (SSSR count). The molecule has 3 aromatic rings. The van der Waals surface area contributed by atoms with Crippen LogP contribution in [0.4, 0.5) is 0 Å². The fourth-order valence-corrected chi connectivity index (χ4v) is 5.65. The molecule has 1 amide bonds. The lowest BCUT2D eigenvalue weighted by Gasteiger charge is -2.20. The molecule has 3 heterocycles. The van der Waals surface area contributed by atoms with Gasteiger partial charge in [-0.15, -0.1) is 11.3 Å². The summed E-state index contributed by atoms with van der Waals surface area (Å²) in [5, 5.41) is 1.06. The van der Waals surface area contributed by atoms with Crippen LogP contribution < -0.4 is 0 Å². The second-order valence-corrected chi connectivity index (χ2v) is 8.41. The molecule has 2 aromatic heterocycles. The monoisotopic (exact) mass is 368 g/mol. The Labute approximate surface area is 156 Å². The van der Waals surface area contributed by atoms with Crippen LogP contribution in [-0.2, 0) is 18.7 Å². The topological polar surface area (TPSA) is 25.2 Å². The van der Waals surface area contributed by atoms with E-state index in [0.717, 1.165) is 34.1 Å². The average Bonchev–Trinajstić information content (AvgIpc) is 3.29. The minimum atomic E-state index is 0.122. The van der Waals surface area contributed by atoms with Crippen molar-refractivity contribution in [2.75, 3.05) is 12.8 Å². The lowest BCUT2D eigenvalue weighted by atomic mass is 10.1. The van der Waals surface area contributed by atoms with Crippen LogP contribution in [0.2, 0.25) is 0 Å². The Bertz CT molecular complexity index is 869. The summed E-state index contributed by atoms with van der Waals surface area (Å²) in [6.45, 7) is 0.629. The highest BCUT2D eigenvalue weighted by atomic mass is 32.2. The number of amides is 1. The number of hydrogen-bond donors (Lipinski definition) is 0. The van der Waals surface area contributed by atoms with Crippen LogP contribution in [0.5, 0.6) is 0 Å². The Kier molecular flexibility index (Phi) is 4.68. The Balaban J connectivity index is 1.70. The first-order valence-electron chi connectivity index (χ1n) is 8.39. The summed E-state index contributed by atoms with van der Waals surface area (Å²) in [4.78, 5) is 16.5. The average molecular weight is 369 g/mol. The second kappa shape index (κ2) is 7.10. The van der Waals surface area contributed by atoms with Gasteiger partial charge in [-0.2, -0.15) is 11.8 Å². The van der Waals surface area contributed by atoms with Crippen LogP contribution in [0.1, 0.15) is 26.4 Å². The summed E-state index contributed by atoms with van der Waals surface area (Å²) in [5.74, 6) is 2.23. The van der Waals surface area contributed by atoms with Gasteiger partial charge in [-0.1, -0.05) is 30.3 Å². The third kappa shape index (κ3) is 3.26. The van der Waals surface area contributed by atoms with E-state index in [1.807, 2.05) is 66.4 Å². The van der Waals surface area contributed by atoms with Gasteiger partial charge in [-0.25, -0.2) is 0 Å².